The maximum atomic E-state index is 11.7. The van der Waals surface area contributed by atoms with Crippen LogP contribution in [-0.2, 0) is 18.9 Å². The average Bonchev–Trinajstić information content (AvgIpc) is 2.75. The smallest absolute Gasteiger partial charge is 0.339 e. The van der Waals surface area contributed by atoms with Gasteiger partial charge in [-0.05, 0) is 72.7 Å². The number of ether oxygens (including phenoxy) is 4. The molecule has 0 aromatic heterocycles. The lowest BCUT2D eigenvalue weighted by Crippen LogP contribution is -2.39. The normalized spacial score (nSPS) is 23.4. The van der Waals surface area contributed by atoms with Crippen LogP contribution < -0.4 is 4.90 Å². The molecular weight excluding hydrogens is 438 g/mol. The van der Waals surface area contributed by atoms with Gasteiger partial charge in [0.2, 0.25) is 0 Å². The summed E-state index contributed by atoms with van der Waals surface area (Å²) in [6.45, 7) is 1.92. The van der Waals surface area contributed by atoms with E-state index in [9.17, 15) is 4.79 Å². The first-order valence-electron chi connectivity index (χ1n) is 10.4. The number of hydrogen-bond donors (Lipinski definition) is 0. The molecule has 0 atom stereocenters. The second-order valence-electron chi connectivity index (χ2n) is 7.85. The molecule has 1 saturated heterocycles. The fourth-order valence-corrected chi connectivity index (χ4v) is 5.01. The molecule has 0 bridgehead atoms. The lowest BCUT2D eigenvalue weighted by Gasteiger charge is -2.38. The van der Waals surface area contributed by atoms with Gasteiger partial charge in [0.1, 0.15) is 0 Å². The molecule has 1 aromatic rings. The Balaban J connectivity index is 1.45. The molecule has 1 saturated carbocycles. The second kappa shape index (κ2) is 10.8. The Kier molecular flexibility index (Phi) is 8.35. The van der Waals surface area contributed by atoms with Crippen LogP contribution in [0.1, 0.15) is 48.9 Å². The average molecular weight is 470 g/mol. The van der Waals surface area contributed by atoms with E-state index < -0.39 is 0 Å². The van der Waals surface area contributed by atoms with E-state index >= 15 is 0 Å². The van der Waals surface area contributed by atoms with Crippen LogP contribution in [-0.4, -0.2) is 58.9 Å². The molecule has 7 heteroatoms. The number of nitrogens with zero attached hydrogens (tertiary/aromatic N) is 1. The number of esters is 1. The van der Waals surface area contributed by atoms with Crippen molar-refractivity contribution in [1.82, 2.24) is 0 Å². The molecule has 3 rings (SSSR count). The third-order valence-electron chi connectivity index (χ3n) is 6.12. The minimum atomic E-state index is -0.326. The summed E-state index contributed by atoms with van der Waals surface area (Å²) >= 11 is 3.49. The van der Waals surface area contributed by atoms with Gasteiger partial charge in [-0.15, -0.1) is 0 Å². The highest BCUT2D eigenvalue weighted by Crippen LogP contribution is 2.32. The molecule has 0 radical (unpaired) electrons. The van der Waals surface area contributed by atoms with Crippen LogP contribution in [0.15, 0.2) is 22.7 Å². The zero-order valence-corrected chi connectivity index (χ0v) is 19.2. The Morgan fingerprint density at radius 1 is 1.00 bits per heavy atom. The number of methoxy groups -OCH3 is 3. The maximum Gasteiger partial charge on any atom is 0.339 e. The maximum absolute atomic E-state index is 11.7. The summed E-state index contributed by atoms with van der Waals surface area (Å²) in [6.07, 6.45) is 6.98. The van der Waals surface area contributed by atoms with E-state index in [1.165, 1.54) is 7.11 Å². The van der Waals surface area contributed by atoms with E-state index in [0.29, 0.717) is 23.7 Å². The van der Waals surface area contributed by atoms with Crippen molar-refractivity contribution in [2.24, 2.45) is 5.92 Å². The zero-order chi connectivity index (χ0) is 20.8. The summed E-state index contributed by atoms with van der Waals surface area (Å²) < 4.78 is 22.8. The second-order valence-corrected chi connectivity index (χ2v) is 8.71. The van der Waals surface area contributed by atoms with E-state index in [-0.39, 0.29) is 12.3 Å². The Morgan fingerprint density at radius 2 is 1.62 bits per heavy atom. The van der Waals surface area contributed by atoms with Gasteiger partial charge in [-0.1, -0.05) is 0 Å². The first kappa shape index (κ1) is 22.5. The van der Waals surface area contributed by atoms with Crippen molar-refractivity contribution in [3.63, 3.8) is 0 Å². The van der Waals surface area contributed by atoms with Crippen molar-refractivity contribution < 1.29 is 23.7 Å². The molecule has 6 nitrogen and oxygen atoms in total. The van der Waals surface area contributed by atoms with Gasteiger partial charge in [-0.3, -0.25) is 0 Å². The molecule has 0 N–H and O–H groups in total. The Hall–Kier alpha value is -1.15. The summed E-state index contributed by atoms with van der Waals surface area (Å²) in [6, 6.07) is 5.80. The van der Waals surface area contributed by atoms with Crippen molar-refractivity contribution in [3.8, 4) is 0 Å². The molecule has 162 valence electrons. The topological polar surface area (TPSA) is 57.2 Å². The largest absolute Gasteiger partial charge is 0.465 e. The number of rotatable bonds is 7. The molecule has 1 heterocycles. The number of anilines is 1. The number of benzene rings is 1. The van der Waals surface area contributed by atoms with E-state index in [4.69, 9.17) is 18.9 Å². The fourth-order valence-electron chi connectivity index (χ4n) is 4.48. The van der Waals surface area contributed by atoms with Crippen molar-refractivity contribution in [1.29, 1.82) is 0 Å². The third-order valence-corrected chi connectivity index (χ3v) is 6.77. The quantitative estimate of drug-likeness (QED) is 0.435. The van der Waals surface area contributed by atoms with Crippen LogP contribution in [0.4, 0.5) is 5.69 Å². The van der Waals surface area contributed by atoms with Gasteiger partial charge in [-0.2, -0.15) is 0 Å². The Bertz CT molecular complexity index is 665. The molecule has 29 heavy (non-hydrogen) atoms. The lowest BCUT2D eigenvalue weighted by molar-refractivity contribution is -0.153. The molecule has 1 aliphatic heterocycles. The number of piperidine rings is 1. The minimum absolute atomic E-state index is 0.0934. The van der Waals surface area contributed by atoms with Crippen LogP contribution in [0, 0.1) is 5.92 Å². The van der Waals surface area contributed by atoms with Crippen molar-refractivity contribution in [3.05, 3.63) is 28.2 Å². The summed E-state index contributed by atoms with van der Waals surface area (Å²) in [5.41, 5.74) is 1.67. The molecule has 2 fully saturated rings. The number of carbonyl (C=O) groups is 1. The zero-order valence-electron chi connectivity index (χ0n) is 17.6. The van der Waals surface area contributed by atoms with E-state index in [2.05, 4.69) is 20.8 Å². The first-order chi connectivity index (χ1) is 14.0. The SMILES string of the molecule is COC(=O)c1ccc(N2CCC(OC3CCC(C(OC)OC)CC3)CC2)cc1Br. The highest BCUT2D eigenvalue weighted by Gasteiger charge is 2.30. The third kappa shape index (κ3) is 5.72. The molecule has 1 aliphatic carbocycles. The van der Waals surface area contributed by atoms with Crippen LogP contribution in [0.5, 0.6) is 0 Å². The lowest BCUT2D eigenvalue weighted by atomic mass is 9.86. The van der Waals surface area contributed by atoms with Crippen molar-refractivity contribution in [2.45, 2.75) is 57.0 Å². The van der Waals surface area contributed by atoms with E-state index in [0.717, 1.165) is 61.8 Å². The standard InChI is InChI=1S/C22H32BrNO5/c1-26-21(25)19-9-6-16(14-20(19)23)24-12-10-18(11-13-24)29-17-7-4-15(5-8-17)22(27-2)28-3/h6,9,14-15,17-18,22H,4-5,7-8,10-13H2,1-3H3. The molecular formula is C22H32BrNO5. The van der Waals surface area contributed by atoms with Gasteiger partial charge >= 0.3 is 5.97 Å². The Morgan fingerprint density at radius 3 is 2.17 bits per heavy atom. The highest BCUT2D eigenvalue weighted by atomic mass is 79.9. The molecule has 1 aromatic carbocycles. The summed E-state index contributed by atoms with van der Waals surface area (Å²) in [7, 11) is 4.82. The van der Waals surface area contributed by atoms with Crippen molar-refractivity contribution >= 4 is 27.6 Å². The first-order valence-corrected chi connectivity index (χ1v) is 11.2. The van der Waals surface area contributed by atoms with Crippen LogP contribution in [0.3, 0.4) is 0 Å². The van der Waals surface area contributed by atoms with Crippen LogP contribution in [0.2, 0.25) is 0 Å². The van der Waals surface area contributed by atoms with Gasteiger partial charge in [-0.25, -0.2) is 4.79 Å². The van der Waals surface area contributed by atoms with Gasteiger partial charge in [0, 0.05) is 43.4 Å². The minimum Gasteiger partial charge on any atom is -0.465 e. The molecule has 0 unspecified atom stereocenters. The fraction of sp³-hybridized carbons (Fsp3) is 0.682. The van der Waals surface area contributed by atoms with Gasteiger partial charge < -0.3 is 23.8 Å². The number of halogens is 1. The van der Waals surface area contributed by atoms with Gasteiger partial charge in [0.05, 0.1) is 24.9 Å². The summed E-state index contributed by atoms with van der Waals surface area (Å²) in [5.74, 6) is 0.144. The monoisotopic (exact) mass is 469 g/mol. The molecule has 0 amide bonds. The molecule has 0 spiro atoms. The van der Waals surface area contributed by atoms with Crippen LogP contribution in [0.25, 0.3) is 0 Å². The van der Waals surface area contributed by atoms with Crippen LogP contribution >= 0.6 is 15.9 Å². The Labute approximate surface area is 182 Å². The van der Waals surface area contributed by atoms with Gasteiger partial charge in [0.25, 0.3) is 0 Å². The number of hydrogen-bond acceptors (Lipinski definition) is 6. The predicted octanol–water partition coefficient (Wildman–Crippen LogP) is 4.40. The summed E-state index contributed by atoms with van der Waals surface area (Å²) in [4.78, 5) is 14.1. The predicted molar refractivity (Wildman–Crippen MR) is 115 cm³/mol. The summed E-state index contributed by atoms with van der Waals surface area (Å²) in [5, 5.41) is 0. The van der Waals surface area contributed by atoms with E-state index in [1.807, 2.05) is 18.2 Å². The highest BCUT2D eigenvalue weighted by molar-refractivity contribution is 9.10. The number of carbonyl (C=O) groups excluding carboxylic acids is 1. The molecule has 2 aliphatic rings. The van der Waals surface area contributed by atoms with Crippen molar-refractivity contribution in [2.75, 3.05) is 39.3 Å². The van der Waals surface area contributed by atoms with E-state index in [1.54, 1.807) is 14.2 Å². The van der Waals surface area contributed by atoms with Gasteiger partial charge in [0.15, 0.2) is 6.29 Å².